The van der Waals surface area contributed by atoms with Crippen molar-refractivity contribution < 1.29 is 29.5 Å². The zero-order valence-electron chi connectivity index (χ0n) is 21.4. The maximum Gasteiger partial charge on any atom is 0.347 e. The lowest BCUT2D eigenvalue weighted by Gasteiger charge is -2.28. The molecule has 180 valence electrons. The van der Waals surface area contributed by atoms with Gasteiger partial charge in [0, 0.05) is 6.42 Å². The molecule has 0 heterocycles. The molecular formula is C24H48O6. The van der Waals surface area contributed by atoms with Gasteiger partial charge in [-0.15, -0.1) is 0 Å². The molecule has 0 aromatic heterocycles. The molecule has 0 unspecified atom stereocenters. The summed E-state index contributed by atoms with van der Waals surface area (Å²) in [7, 11) is 0. The predicted octanol–water partition coefficient (Wildman–Crippen LogP) is 7.11. The van der Waals surface area contributed by atoms with Gasteiger partial charge in [-0.25, -0.2) is 9.59 Å². The summed E-state index contributed by atoms with van der Waals surface area (Å²) in [6, 6.07) is 0. The van der Waals surface area contributed by atoms with Crippen molar-refractivity contribution in [2.75, 3.05) is 0 Å². The Morgan fingerprint density at radius 3 is 1.73 bits per heavy atom. The molecule has 0 amide bonds. The Morgan fingerprint density at radius 2 is 1.33 bits per heavy atom. The van der Waals surface area contributed by atoms with E-state index in [2.05, 4.69) is 32.6 Å². The summed E-state index contributed by atoms with van der Waals surface area (Å²) < 4.78 is 0. The van der Waals surface area contributed by atoms with Crippen molar-refractivity contribution in [3.63, 3.8) is 0 Å². The molecule has 0 fully saturated rings. The maximum absolute atomic E-state index is 11.5. The van der Waals surface area contributed by atoms with Crippen LogP contribution in [-0.4, -0.2) is 22.8 Å². The van der Waals surface area contributed by atoms with Crippen LogP contribution in [0.2, 0.25) is 0 Å². The van der Waals surface area contributed by atoms with Crippen LogP contribution in [0, 0.1) is 16.2 Å². The molecule has 0 aliphatic rings. The molecule has 0 rings (SSSR count). The lowest BCUT2D eigenvalue weighted by atomic mass is 9.76. The Morgan fingerprint density at radius 1 is 0.800 bits per heavy atom. The van der Waals surface area contributed by atoms with Crippen LogP contribution in [0.5, 0.6) is 0 Å². The van der Waals surface area contributed by atoms with Gasteiger partial charge >= 0.3 is 11.9 Å². The quantitative estimate of drug-likeness (QED) is 0.225. The molecule has 0 saturated heterocycles. The van der Waals surface area contributed by atoms with Crippen molar-refractivity contribution in [2.24, 2.45) is 16.2 Å². The molecule has 0 aromatic rings. The monoisotopic (exact) mass is 432 g/mol. The van der Waals surface area contributed by atoms with Crippen LogP contribution in [-0.2, 0) is 24.3 Å². The third kappa shape index (κ3) is 18.9. The Bertz CT molecular complexity index is 495. The highest BCUT2D eigenvalue weighted by molar-refractivity contribution is 5.75. The largest absolute Gasteiger partial charge is 0.347 e. The van der Waals surface area contributed by atoms with Gasteiger partial charge in [-0.1, -0.05) is 61.3 Å². The molecule has 0 bridgehead atoms. The molecular weight excluding hydrogens is 384 g/mol. The molecule has 6 nitrogen and oxygen atoms in total. The molecule has 0 aliphatic carbocycles. The lowest BCUT2D eigenvalue weighted by molar-refractivity contribution is -0.326. The van der Waals surface area contributed by atoms with E-state index >= 15 is 0 Å². The van der Waals surface area contributed by atoms with Crippen LogP contribution in [0.4, 0.5) is 0 Å². The van der Waals surface area contributed by atoms with E-state index in [1.165, 1.54) is 0 Å². The van der Waals surface area contributed by atoms with Crippen LogP contribution in [0.1, 0.15) is 121 Å². The van der Waals surface area contributed by atoms with E-state index < -0.39 is 11.4 Å². The van der Waals surface area contributed by atoms with Crippen LogP contribution in [0.25, 0.3) is 0 Å². The van der Waals surface area contributed by atoms with Crippen molar-refractivity contribution in [3.05, 3.63) is 0 Å². The number of carbonyl (C=O) groups is 2. The average Bonchev–Trinajstić information content (AvgIpc) is 2.54. The van der Waals surface area contributed by atoms with Crippen molar-refractivity contribution in [1.82, 2.24) is 0 Å². The van der Waals surface area contributed by atoms with E-state index in [1.54, 1.807) is 13.8 Å². The van der Waals surface area contributed by atoms with Gasteiger partial charge in [0.05, 0.1) is 5.41 Å². The summed E-state index contributed by atoms with van der Waals surface area (Å²) in [6.07, 6.45) is 6.06. The molecule has 0 spiro atoms. The van der Waals surface area contributed by atoms with E-state index in [0.717, 1.165) is 32.1 Å². The highest BCUT2D eigenvalue weighted by Gasteiger charge is 2.34. The number of rotatable bonds is 10. The predicted molar refractivity (Wildman–Crippen MR) is 121 cm³/mol. The van der Waals surface area contributed by atoms with E-state index in [-0.39, 0.29) is 17.0 Å². The third-order valence-electron chi connectivity index (χ3n) is 4.38. The van der Waals surface area contributed by atoms with Gasteiger partial charge in [-0.2, -0.15) is 10.1 Å². The second-order valence-electron chi connectivity index (χ2n) is 11.8. The maximum atomic E-state index is 11.5. The highest BCUT2D eigenvalue weighted by Crippen LogP contribution is 2.33. The Hall–Kier alpha value is -1.14. The number of hydrogen-bond acceptors (Lipinski definition) is 6. The minimum Gasteiger partial charge on any atom is -0.300 e. The van der Waals surface area contributed by atoms with Crippen LogP contribution in [0.15, 0.2) is 0 Å². The van der Waals surface area contributed by atoms with Gasteiger partial charge in [0.2, 0.25) is 0 Å². The van der Waals surface area contributed by atoms with Crippen LogP contribution in [0.3, 0.4) is 0 Å². The second kappa shape index (κ2) is 13.3. The average molecular weight is 433 g/mol. The highest BCUT2D eigenvalue weighted by atomic mass is 17.2. The summed E-state index contributed by atoms with van der Waals surface area (Å²) in [5, 5.41) is 8.22. The smallest absolute Gasteiger partial charge is 0.300 e. The minimum absolute atomic E-state index is 0.0533. The van der Waals surface area contributed by atoms with Crippen LogP contribution >= 0.6 is 0 Å². The van der Waals surface area contributed by atoms with E-state index in [9.17, 15) is 9.59 Å². The SMILES string of the molecule is CC(C)(C)CC(C)(C)C(=O)OO.CCCC(C)(C)OOC(=O)CCCCC(C)(C)C. The van der Waals surface area contributed by atoms with E-state index in [0.29, 0.717) is 18.3 Å². The molecule has 0 radical (unpaired) electrons. The zero-order valence-corrected chi connectivity index (χ0v) is 21.4. The molecule has 0 saturated carbocycles. The van der Waals surface area contributed by atoms with Gasteiger partial charge in [0.1, 0.15) is 5.60 Å². The lowest BCUT2D eigenvalue weighted by Crippen LogP contribution is -2.30. The van der Waals surface area contributed by atoms with E-state index in [1.807, 2.05) is 34.6 Å². The molecule has 30 heavy (non-hydrogen) atoms. The Balaban J connectivity index is 0. The summed E-state index contributed by atoms with van der Waals surface area (Å²) >= 11 is 0. The molecule has 0 aliphatic heterocycles. The first-order chi connectivity index (χ1) is 13.4. The van der Waals surface area contributed by atoms with Crippen molar-refractivity contribution >= 4 is 11.9 Å². The van der Waals surface area contributed by atoms with Gasteiger partial charge in [-0.3, -0.25) is 4.89 Å². The summed E-state index contributed by atoms with van der Waals surface area (Å²) in [4.78, 5) is 36.3. The fourth-order valence-electron chi connectivity index (χ4n) is 3.29. The molecule has 0 atom stereocenters. The first-order valence-electron chi connectivity index (χ1n) is 11.1. The molecule has 1 N–H and O–H groups in total. The fourth-order valence-corrected chi connectivity index (χ4v) is 3.29. The van der Waals surface area contributed by atoms with Gasteiger partial charge in [-0.05, 0) is 64.2 Å². The van der Waals surface area contributed by atoms with Crippen molar-refractivity contribution in [2.45, 2.75) is 127 Å². The number of carbonyl (C=O) groups excluding carboxylic acids is 2. The standard InChI is InChI=1S/C15H30O3.C9H18O3/c1-7-11-15(5,6)18-17-13(16)10-8-9-12-14(2,3)4;1-8(2,3)6-9(4,5)7(10)12-11/h7-12H2,1-6H3;11H,6H2,1-5H3. The van der Waals surface area contributed by atoms with Crippen molar-refractivity contribution in [1.29, 1.82) is 0 Å². The first-order valence-corrected chi connectivity index (χ1v) is 11.1. The normalized spacial score (nSPS) is 12.7. The molecule has 0 aromatic carbocycles. The van der Waals surface area contributed by atoms with E-state index in [4.69, 9.17) is 15.0 Å². The minimum atomic E-state index is -0.618. The van der Waals surface area contributed by atoms with Gasteiger partial charge < -0.3 is 4.89 Å². The number of unbranched alkanes of at least 4 members (excludes halogenated alkanes) is 1. The van der Waals surface area contributed by atoms with Gasteiger partial charge in [0.15, 0.2) is 0 Å². The van der Waals surface area contributed by atoms with Crippen LogP contribution < -0.4 is 0 Å². The van der Waals surface area contributed by atoms with Gasteiger partial charge in [0.25, 0.3) is 0 Å². The Labute approximate surface area is 184 Å². The topological polar surface area (TPSA) is 82.1 Å². The summed E-state index contributed by atoms with van der Waals surface area (Å²) in [5.41, 5.74) is -0.607. The number of hydrogen-bond donors (Lipinski definition) is 1. The summed E-state index contributed by atoms with van der Waals surface area (Å²) in [5.74, 6) is -0.828. The zero-order chi connectivity index (χ0) is 24.2. The third-order valence-corrected chi connectivity index (χ3v) is 4.38. The van der Waals surface area contributed by atoms with Crippen molar-refractivity contribution in [3.8, 4) is 0 Å². The molecule has 6 heteroatoms. The second-order valence-corrected chi connectivity index (χ2v) is 11.8. The summed E-state index contributed by atoms with van der Waals surface area (Å²) in [6.45, 7) is 22.2. The Kier molecular flexibility index (Phi) is 13.8. The fraction of sp³-hybridized carbons (Fsp3) is 0.917. The first kappa shape index (κ1) is 31.0.